The van der Waals surface area contributed by atoms with Crippen LogP contribution in [0.1, 0.15) is 29.5 Å². The summed E-state index contributed by atoms with van der Waals surface area (Å²) in [6, 6.07) is 14.0. The van der Waals surface area contributed by atoms with Crippen molar-refractivity contribution in [3.05, 3.63) is 65.2 Å². The first kappa shape index (κ1) is 20.0. The summed E-state index contributed by atoms with van der Waals surface area (Å²) in [7, 11) is 3.19. The van der Waals surface area contributed by atoms with E-state index in [0.717, 1.165) is 17.7 Å². The van der Waals surface area contributed by atoms with Crippen LogP contribution in [0.3, 0.4) is 0 Å². The predicted molar refractivity (Wildman–Crippen MR) is 111 cm³/mol. The Bertz CT molecular complexity index is 809. The van der Waals surface area contributed by atoms with Crippen LogP contribution in [-0.4, -0.2) is 38.1 Å². The Labute approximate surface area is 167 Å². The number of ether oxygens (including phenoxy) is 2. The van der Waals surface area contributed by atoms with E-state index in [0.29, 0.717) is 18.0 Å². The van der Waals surface area contributed by atoms with Crippen molar-refractivity contribution in [1.29, 1.82) is 0 Å². The molecule has 0 unspecified atom stereocenters. The standard InChI is InChI=1S/C23H28N2O3/c1-27-21-11-9-18(15-22(21)28-2)10-12-23(26)24-16-19-5-7-20(8-6-19)17-25-13-3-4-14-25/h5-12,15H,3-4,13-14,16-17H2,1-2H3,(H,24,26)/b12-10+. The Morgan fingerprint density at radius 3 is 2.36 bits per heavy atom. The molecule has 3 rings (SSSR count). The van der Waals surface area contributed by atoms with Gasteiger partial charge in [0.1, 0.15) is 0 Å². The van der Waals surface area contributed by atoms with Crippen molar-refractivity contribution >= 4 is 12.0 Å². The summed E-state index contributed by atoms with van der Waals surface area (Å²) in [5, 5.41) is 2.92. The number of amides is 1. The minimum Gasteiger partial charge on any atom is -0.493 e. The Hall–Kier alpha value is -2.79. The molecule has 0 aromatic heterocycles. The molecule has 1 N–H and O–H groups in total. The third kappa shape index (κ3) is 5.60. The molecule has 1 aliphatic rings. The van der Waals surface area contributed by atoms with Gasteiger partial charge in [0.25, 0.3) is 0 Å². The SMILES string of the molecule is COc1ccc(/C=C/C(=O)NCc2ccc(CN3CCCC3)cc2)cc1OC. The topological polar surface area (TPSA) is 50.8 Å². The van der Waals surface area contributed by atoms with Crippen molar-refractivity contribution in [2.24, 2.45) is 0 Å². The van der Waals surface area contributed by atoms with Crippen LogP contribution in [-0.2, 0) is 17.9 Å². The second-order valence-electron chi connectivity index (χ2n) is 6.97. The average Bonchev–Trinajstić information content (AvgIpc) is 3.24. The van der Waals surface area contributed by atoms with Crippen molar-refractivity contribution in [3.8, 4) is 11.5 Å². The molecule has 148 valence electrons. The predicted octanol–water partition coefficient (Wildman–Crippen LogP) is 3.63. The summed E-state index contributed by atoms with van der Waals surface area (Å²) in [6.07, 6.45) is 5.90. The minimum atomic E-state index is -0.129. The van der Waals surface area contributed by atoms with Gasteiger partial charge in [0.2, 0.25) is 5.91 Å². The maximum Gasteiger partial charge on any atom is 0.244 e. The lowest BCUT2D eigenvalue weighted by Gasteiger charge is -2.14. The van der Waals surface area contributed by atoms with Crippen LogP contribution >= 0.6 is 0 Å². The Morgan fingerprint density at radius 1 is 1.00 bits per heavy atom. The fourth-order valence-corrected chi connectivity index (χ4v) is 3.34. The Balaban J connectivity index is 1.49. The number of rotatable bonds is 8. The number of hydrogen-bond acceptors (Lipinski definition) is 4. The number of nitrogens with one attached hydrogen (secondary N) is 1. The zero-order chi connectivity index (χ0) is 19.8. The van der Waals surface area contributed by atoms with Crippen LogP contribution in [0.2, 0.25) is 0 Å². The number of carbonyl (C=O) groups excluding carboxylic acids is 1. The van der Waals surface area contributed by atoms with Crippen LogP contribution in [0.5, 0.6) is 11.5 Å². The molecule has 1 amide bonds. The second kappa shape index (κ2) is 9.95. The molecule has 0 radical (unpaired) electrons. The highest BCUT2D eigenvalue weighted by Crippen LogP contribution is 2.27. The molecule has 0 spiro atoms. The van der Waals surface area contributed by atoms with Crippen molar-refractivity contribution in [2.45, 2.75) is 25.9 Å². The van der Waals surface area contributed by atoms with E-state index >= 15 is 0 Å². The van der Waals surface area contributed by atoms with Gasteiger partial charge in [-0.2, -0.15) is 0 Å². The number of hydrogen-bond donors (Lipinski definition) is 1. The van der Waals surface area contributed by atoms with Crippen LogP contribution in [0.25, 0.3) is 6.08 Å². The Kier molecular flexibility index (Phi) is 7.09. The largest absolute Gasteiger partial charge is 0.493 e. The highest BCUT2D eigenvalue weighted by molar-refractivity contribution is 5.91. The summed E-state index contributed by atoms with van der Waals surface area (Å²) >= 11 is 0. The molecule has 1 fully saturated rings. The molecule has 0 saturated carbocycles. The molecule has 1 heterocycles. The molecule has 0 atom stereocenters. The number of methoxy groups -OCH3 is 2. The first-order valence-electron chi connectivity index (χ1n) is 9.66. The van der Waals surface area contributed by atoms with E-state index in [2.05, 4.69) is 34.5 Å². The highest BCUT2D eigenvalue weighted by Gasteiger charge is 2.11. The van der Waals surface area contributed by atoms with Gasteiger partial charge in [0.15, 0.2) is 11.5 Å². The Morgan fingerprint density at radius 2 is 1.68 bits per heavy atom. The lowest BCUT2D eigenvalue weighted by atomic mass is 10.1. The van der Waals surface area contributed by atoms with Gasteiger partial charge in [-0.3, -0.25) is 9.69 Å². The summed E-state index contributed by atoms with van der Waals surface area (Å²) in [6.45, 7) is 3.92. The van der Waals surface area contributed by atoms with Crippen molar-refractivity contribution in [1.82, 2.24) is 10.2 Å². The normalized spacial score (nSPS) is 14.4. The second-order valence-corrected chi connectivity index (χ2v) is 6.97. The fraction of sp³-hybridized carbons (Fsp3) is 0.348. The number of benzene rings is 2. The maximum absolute atomic E-state index is 12.1. The van der Waals surface area contributed by atoms with E-state index in [-0.39, 0.29) is 5.91 Å². The van der Waals surface area contributed by atoms with E-state index in [1.165, 1.54) is 37.6 Å². The molecule has 0 aliphatic carbocycles. The smallest absolute Gasteiger partial charge is 0.244 e. The zero-order valence-electron chi connectivity index (χ0n) is 16.6. The molecule has 0 bridgehead atoms. The quantitative estimate of drug-likeness (QED) is 0.711. The number of carbonyl (C=O) groups is 1. The summed E-state index contributed by atoms with van der Waals surface area (Å²) < 4.78 is 10.5. The third-order valence-corrected chi connectivity index (χ3v) is 4.93. The van der Waals surface area contributed by atoms with Gasteiger partial charge in [-0.25, -0.2) is 0 Å². The van der Waals surface area contributed by atoms with Gasteiger partial charge in [-0.15, -0.1) is 0 Å². The summed E-state index contributed by atoms with van der Waals surface area (Å²) in [4.78, 5) is 14.6. The van der Waals surface area contributed by atoms with Crippen LogP contribution < -0.4 is 14.8 Å². The molecule has 1 saturated heterocycles. The van der Waals surface area contributed by atoms with E-state index in [4.69, 9.17) is 9.47 Å². The fourth-order valence-electron chi connectivity index (χ4n) is 3.34. The molecule has 2 aromatic carbocycles. The van der Waals surface area contributed by atoms with Gasteiger partial charge in [-0.1, -0.05) is 30.3 Å². The van der Waals surface area contributed by atoms with E-state index < -0.39 is 0 Å². The molecule has 28 heavy (non-hydrogen) atoms. The molecular formula is C23H28N2O3. The maximum atomic E-state index is 12.1. The van der Waals surface area contributed by atoms with Crippen molar-refractivity contribution in [3.63, 3.8) is 0 Å². The number of likely N-dealkylation sites (tertiary alicyclic amines) is 1. The third-order valence-electron chi connectivity index (χ3n) is 4.93. The minimum absolute atomic E-state index is 0.129. The van der Waals surface area contributed by atoms with E-state index in [1.54, 1.807) is 20.3 Å². The van der Waals surface area contributed by atoms with Gasteiger partial charge in [-0.05, 0) is 60.8 Å². The zero-order valence-corrected chi connectivity index (χ0v) is 16.6. The monoisotopic (exact) mass is 380 g/mol. The van der Waals surface area contributed by atoms with Crippen molar-refractivity contribution in [2.75, 3.05) is 27.3 Å². The highest BCUT2D eigenvalue weighted by atomic mass is 16.5. The van der Waals surface area contributed by atoms with Crippen LogP contribution in [0.4, 0.5) is 0 Å². The van der Waals surface area contributed by atoms with Gasteiger partial charge >= 0.3 is 0 Å². The lowest BCUT2D eigenvalue weighted by Crippen LogP contribution is -2.20. The van der Waals surface area contributed by atoms with Crippen LogP contribution in [0.15, 0.2) is 48.5 Å². The number of nitrogens with zero attached hydrogens (tertiary/aromatic N) is 1. The molecule has 5 nitrogen and oxygen atoms in total. The first-order valence-corrected chi connectivity index (χ1v) is 9.66. The van der Waals surface area contributed by atoms with E-state index in [1.807, 2.05) is 18.2 Å². The van der Waals surface area contributed by atoms with Crippen molar-refractivity contribution < 1.29 is 14.3 Å². The summed E-state index contributed by atoms with van der Waals surface area (Å²) in [5.41, 5.74) is 3.29. The molecular weight excluding hydrogens is 352 g/mol. The molecule has 5 heteroatoms. The van der Waals surface area contributed by atoms with Crippen LogP contribution in [0, 0.1) is 0 Å². The molecule has 1 aliphatic heterocycles. The first-order chi connectivity index (χ1) is 13.7. The average molecular weight is 380 g/mol. The van der Waals surface area contributed by atoms with Gasteiger partial charge in [0, 0.05) is 19.2 Å². The molecule has 2 aromatic rings. The van der Waals surface area contributed by atoms with Gasteiger partial charge in [0.05, 0.1) is 14.2 Å². The van der Waals surface area contributed by atoms with Gasteiger partial charge < -0.3 is 14.8 Å². The summed E-state index contributed by atoms with van der Waals surface area (Å²) in [5.74, 6) is 1.17. The van der Waals surface area contributed by atoms with E-state index in [9.17, 15) is 4.79 Å². The lowest BCUT2D eigenvalue weighted by molar-refractivity contribution is -0.116.